The van der Waals surface area contributed by atoms with Crippen molar-refractivity contribution in [1.82, 2.24) is 10.5 Å². The molecule has 0 saturated heterocycles. The highest BCUT2D eigenvalue weighted by Crippen LogP contribution is 2.18. The Balaban J connectivity index is 2.15. The summed E-state index contributed by atoms with van der Waals surface area (Å²) in [6.07, 6.45) is 2.84. The summed E-state index contributed by atoms with van der Waals surface area (Å²) in [6.45, 7) is 3.37. The minimum Gasteiger partial charge on any atom is -0.497 e. The lowest BCUT2D eigenvalue weighted by Crippen LogP contribution is -2.36. The van der Waals surface area contributed by atoms with E-state index in [0.717, 1.165) is 23.4 Å². The molecule has 1 aliphatic rings. The van der Waals surface area contributed by atoms with Crippen LogP contribution in [-0.2, 0) is 0 Å². The second kappa shape index (κ2) is 6.36. The molecule has 0 fully saturated rings. The SMILES string of the molecule is COc1ccc(C2=NN(NCCN)C=C(C)C2)cc1. The topological polar surface area (TPSA) is 62.9 Å². The highest BCUT2D eigenvalue weighted by molar-refractivity contribution is 6.02. The third kappa shape index (κ3) is 3.56. The Morgan fingerprint density at radius 3 is 2.74 bits per heavy atom. The zero-order valence-electron chi connectivity index (χ0n) is 11.4. The summed E-state index contributed by atoms with van der Waals surface area (Å²) in [5.74, 6) is 0.852. The molecule has 102 valence electrons. The average Bonchev–Trinajstić information content (AvgIpc) is 2.44. The molecule has 2 rings (SSSR count). The number of nitrogens with one attached hydrogen (secondary N) is 1. The number of hydrogen-bond donors (Lipinski definition) is 2. The minimum atomic E-state index is 0.580. The molecular weight excluding hydrogens is 240 g/mol. The molecule has 0 unspecified atom stereocenters. The van der Waals surface area contributed by atoms with Crippen LogP contribution in [0, 0.1) is 0 Å². The van der Waals surface area contributed by atoms with Gasteiger partial charge in [0.25, 0.3) is 0 Å². The quantitative estimate of drug-likeness (QED) is 0.841. The molecule has 3 N–H and O–H groups in total. The van der Waals surface area contributed by atoms with Gasteiger partial charge in [0, 0.05) is 25.7 Å². The lowest BCUT2D eigenvalue weighted by molar-refractivity contribution is 0.281. The van der Waals surface area contributed by atoms with Crippen LogP contribution in [0.3, 0.4) is 0 Å². The van der Waals surface area contributed by atoms with E-state index in [2.05, 4.69) is 17.5 Å². The molecular formula is C14H20N4O. The first-order valence-electron chi connectivity index (χ1n) is 6.35. The second-order valence-electron chi connectivity index (χ2n) is 4.47. The highest BCUT2D eigenvalue weighted by atomic mass is 16.5. The number of benzene rings is 1. The van der Waals surface area contributed by atoms with E-state index in [1.54, 1.807) is 12.2 Å². The Morgan fingerprint density at radius 1 is 1.37 bits per heavy atom. The molecule has 0 atom stereocenters. The van der Waals surface area contributed by atoms with Gasteiger partial charge in [-0.25, -0.2) is 10.5 Å². The summed E-state index contributed by atoms with van der Waals surface area (Å²) in [4.78, 5) is 0. The first-order valence-corrected chi connectivity index (χ1v) is 6.35. The molecule has 0 amide bonds. The maximum absolute atomic E-state index is 5.49. The van der Waals surface area contributed by atoms with Gasteiger partial charge >= 0.3 is 0 Å². The molecule has 0 bridgehead atoms. The van der Waals surface area contributed by atoms with Crippen LogP contribution in [0.5, 0.6) is 5.75 Å². The van der Waals surface area contributed by atoms with E-state index in [1.807, 2.05) is 30.5 Å². The van der Waals surface area contributed by atoms with Crippen LogP contribution in [0.25, 0.3) is 0 Å². The van der Waals surface area contributed by atoms with Crippen LogP contribution in [0.4, 0.5) is 0 Å². The fourth-order valence-corrected chi connectivity index (χ4v) is 1.92. The number of hydrazone groups is 1. The highest BCUT2D eigenvalue weighted by Gasteiger charge is 2.12. The number of hydrogen-bond acceptors (Lipinski definition) is 5. The third-order valence-corrected chi connectivity index (χ3v) is 2.86. The van der Waals surface area contributed by atoms with Crippen molar-refractivity contribution in [1.29, 1.82) is 0 Å². The number of hydrazine groups is 1. The molecule has 0 aliphatic carbocycles. The van der Waals surface area contributed by atoms with Crippen molar-refractivity contribution in [2.45, 2.75) is 13.3 Å². The Labute approximate surface area is 113 Å². The van der Waals surface area contributed by atoms with Crippen LogP contribution < -0.4 is 15.9 Å². The van der Waals surface area contributed by atoms with E-state index in [0.29, 0.717) is 13.1 Å². The van der Waals surface area contributed by atoms with Crippen LogP contribution >= 0.6 is 0 Å². The maximum atomic E-state index is 5.49. The number of allylic oxidation sites excluding steroid dienone is 1. The van der Waals surface area contributed by atoms with E-state index in [4.69, 9.17) is 10.5 Å². The predicted molar refractivity (Wildman–Crippen MR) is 76.8 cm³/mol. The van der Waals surface area contributed by atoms with Crippen LogP contribution in [0.15, 0.2) is 41.1 Å². The van der Waals surface area contributed by atoms with E-state index in [9.17, 15) is 0 Å². The molecule has 1 aliphatic heterocycles. The van der Waals surface area contributed by atoms with Gasteiger partial charge in [0.1, 0.15) is 5.75 Å². The van der Waals surface area contributed by atoms with Gasteiger partial charge in [-0.3, -0.25) is 0 Å². The Bertz CT molecular complexity index is 479. The Kier molecular flexibility index (Phi) is 4.54. The van der Waals surface area contributed by atoms with Gasteiger partial charge in [-0.05, 0) is 42.3 Å². The molecule has 1 aromatic rings. The Hall–Kier alpha value is -1.85. The van der Waals surface area contributed by atoms with Crippen LogP contribution in [-0.4, -0.2) is 31.0 Å². The molecule has 0 aromatic heterocycles. The second-order valence-corrected chi connectivity index (χ2v) is 4.47. The van der Waals surface area contributed by atoms with Crippen molar-refractivity contribution >= 4 is 5.71 Å². The van der Waals surface area contributed by atoms with E-state index in [1.165, 1.54) is 5.57 Å². The van der Waals surface area contributed by atoms with Gasteiger partial charge in [-0.15, -0.1) is 0 Å². The number of methoxy groups -OCH3 is 1. The molecule has 1 heterocycles. The molecule has 0 radical (unpaired) electrons. The standard InChI is InChI=1S/C14H20N4O/c1-11-9-14(17-18(10-11)16-8-7-15)12-3-5-13(19-2)6-4-12/h3-6,10,16H,7-9,15H2,1-2H3. The first-order chi connectivity index (χ1) is 9.22. The van der Waals surface area contributed by atoms with Crippen molar-refractivity contribution in [2.24, 2.45) is 10.8 Å². The smallest absolute Gasteiger partial charge is 0.118 e. The van der Waals surface area contributed by atoms with Crippen LogP contribution in [0.1, 0.15) is 18.9 Å². The van der Waals surface area contributed by atoms with Gasteiger partial charge < -0.3 is 10.5 Å². The molecule has 5 heteroatoms. The van der Waals surface area contributed by atoms with Crippen molar-refractivity contribution < 1.29 is 4.74 Å². The number of nitrogens with two attached hydrogens (primary N) is 1. The fourth-order valence-electron chi connectivity index (χ4n) is 1.92. The summed E-state index contributed by atoms with van der Waals surface area (Å²) in [5, 5.41) is 6.30. The summed E-state index contributed by atoms with van der Waals surface area (Å²) in [7, 11) is 1.67. The van der Waals surface area contributed by atoms with Crippen molar-refractivity contribution in [3.8, 4) is 5.75 Å². The normalized spacial score (nSPS) is 15.0. The van der Waals surface area contributed by atoms with E-state index >= 15 is 0 Å². The molecule has 0 spiro atoms. The zero-order chi connectivity index (χ0) is 13.7. The molecule has 5 nitrogen and oxygen atoms in total. The predicted octanol–water partition coefficient (Wildman–Crippen LogP) is 1.47. The monoisotopic (exact) mass is 260 g/mol. The minimum absolute atomic E-state index is 0.580. The summed E-state index contributed by atoms with van der Waals surface area (Å²) in [6, 6.07) is 7.95. The summed E-state index contributed by atoms with van der Waals surface area (Å²) in [5.41, 5.74) is 12.0. The molecule has 0 saturated carbocycles. The largest absolute Gasteiger partial charge is 0.497 e. The van der Waals surface area contributed by atoms with Gasteiger partial charge in [0.2, 0.25) is 0 Å². The number of ether oxygens (including phenoxy) is 1. The number of nitrogens with zero attached hydrogens (tertiary/aromatic N) is 2. The maximum Gasteiger partial charge on any atom is 0.118 e. The lowest BCUT2D eigenvalue weighted by atomic mass is 10.0. The van der Waals surface area contributed by atoms with Crippen LogP contribution in [0.2, 0.25) is 0 Å². The van der Waals surface area contributed by atoms with Crippen molar-refractivity contribution in [3.05, 3.63) is 41.6 Å². The van der Waals surface area contributed by atoms with Gasteiger partial charge in [-0.1, -0.05) is 0 Å². The van der Waals surface area contributed by atoms with Crippen molar-refractivity contribution in [2.75, 3.05) is 20.2 Å². The zero-order valence-corrected chi connectivity index (χ0v) is 11.4. The Morgan fingerprint density at radius 2 is 2.11 bits per heavy atom. The van der Waals surface area contributed by atoms with Gasteiger partial charge in [-0.2, -0.15) is 5.10 Å². The van der Waals surface area contributed by atoms with Gasteiger partial charge in [0.05, 0.1) is 12.8 Å². The number of rotatable bonds is 5. The first kappa shape index (κ1) is 13.6. The van der Waals surface area contributed by atoms with Crippen molar-refractivity contribution in [3.63, 3.8) is 0 Å². The molecule has 19 heavy (non-hydrogen) atoms. The van der Waals surface area contributed by atoms with E-state index < -0.39 is 0 Å². The fraction of sp³-hybridized carbons (Fsp3) is 0.357. The average molecular weight is 260 g/mol. The third-order valence-electron chi connectivity index (χ3n) is 2.86. The summed E-state index contributed by atoms with van der Waals surface area (Å²) < 4.78 is 5.16. The summed E-state index contributed by atoms with van der Waals surface area (Å²) >= 11 is 0. The van der Waals surface area contributed by atoms with E-state index in [-0.39, 0.29) is 0 Å². The van der Waals surface area contributed by atoms with Gasteiger partial charge in [0.15, 0.2) is 0 Å². The lowest BCUT2D eigenvalue weighted by Gasteiger charge is -2.23. The molecule has 1 aromatic carbocycles.